The van der Waals surface area contributed by atoms with Gasteiger partial charge in [0.05, 0.1) is 12.7 Å². The number of sulfonamides is 1. The first-order chi connectivity index (χ1) is 16.2. The summed E-state index contributed by atoms with van der Waals surface area (Å²) in [5.41, 5.74) is 1.10. The number of thioether (sulfide) groups is 1. The third-order valence-electron chi connectivity index (χ3n) is 6.91. The average molecular weight is 505 g/mol. The van der Waals surface area contributed by atoms with Crippen LogP contribution in [0.3, 0.4) is 0 Å². The lowest BCUT2D eigenvalue weighted by atomic mass is 9.97. The van der Waals surface area contributed by atoms with Gasteiger partial charge in [0.1, 0.15) is 23.1 Å². The molecule has 2 fully saturated rings. The van der Waals surface area contributed by atoms with E-state index in [2.05, 4.69) is 9.82 Å². The van der Waals surface area contributed by atoms with Crippen molar-refractivity contribution in [1.82, 2.24) is 19.4 Å². The monoisotopic (exact) mass is 504 g/mol. The third-order valence-corrected chi connectivity index (χ3v) is 9.74. The number of hydrogen-bond donors (Lipinski definition) is 1. The van der Waals surface area contributed by atoms with Crippen LogP contribution in [0, 0.1) is 5.92 Å². The first-order valence-electron chi connectivity index (χ1n) is 11.6. The molecule has 9 nitrogen and oxygen atoms in total. The summed E-state index contributed by atoms with van der Waals surface area (Å²) in [5, 5.41) is 3.18. The molecule has 5 rings (SSSR count). The summed E-state index contributed by atoms with van der Waals surface area (Å²) in [5.74, 6) is 1.99. The van der Waals surface area contributed by atoms with Gasteiger partial charge in [-0.15, -0.1) is 0 Å². The number of fused-ring (bicyclic) bond motifs is 1. The van der Waals surface area contributed by atoms with Gasteiger partial charge in [-0.2, -0.15) is 31.1 Å². The fraction of sp³-hybridized carbons (Fsp3) is 0.565. The SMILES string of the molecule is Cn1cc(CN2C(=O)C3=CC(S(=O)(=O)NC4(C)CC4)C=CC3=[N+](CC3CCSCC3)C2=O)cn1. The number of nitrogens with one attached hydrogen (secondary N) is 1. The van der Waals surface area contributed by atoms with Gasteiger partial charge in [-0.25, -0.2) is 17.9 Å². The van der Waals surface area contributed by atoms with Crippen molar-refractivity contribution in [3.63, 3.8) is 0 Å². The van der Waals surface area contributed by atoms with Crippen LogP contribution < -0.4 is 4.72 Å². The minimum Gasteiger partial charge on any atom is -0.275 e. The molecule has 1 aromatic rings. The number of aryl methyl sites for hydroxylation is 1. The molecule has 182 valence electrons. The third kappa shape index (κ3) is 4.65. The molecule has 1 saturated heterocycles. The van der Waals surface area contributed by atoms with Gasteiger partial charge in [0.15, 0.2) is 0 Å². The van der Waals surface area contributed by atoms with Crippen LogP contribution in [0.5, 0.6) is 0 Å². The van der Waals surface area contributed by atoms with E-state index in [1.54, 1.807) is 40.9 Å². The van der Waals surface area contributed by atoms with E-state index < -0.39 is 26.7 Å². The number of hydrogen-bond acceptors (Lipinski definition) is 6. The standard InChI is InChI=1S/C23H30N5O4S2/c1-23(7-8-23)25-34(31,32)18-3-4-20-19(11-18)21(29)28(15-17-12-24-26(2)13-17)22(30)27(20)14-16-5-9-33-10-6-16/h3-4,11-13,16,18,25H,5-10,14-15H2,1-2H3/q+1. The van der Waals surface area contributed by atoms with Crippen molar-refractivity contribution in [3.8, 4) is 0 Å². The number of amides is 3. The van der Waals surface area contributed by atoms with Crippen LogP contribution in [0.15, 0.2) is 36.2 Å². The number of carbonyl (C=O) groups excluding carboxylic acids is 2. The number of nitrogens with zero attached hydrogens (tertiary/aromatic N) is 4. The summed E-state index contributed by atoms with van der Waals surface area (Å²) in [6.45, 7) is 2.48. The van der Waals surface area contributed by atoms with Crippen LogP contribution >= 0.6 is 11.8 Å². The zero-order valence-electron chi connectivity index (χ0n) is 19.4. The van der Waals surface area contributed by atoms with E-state index in [-0.39, 0.29) is 18.1 Å². The molecule has 2 aliphatic heterocycles. The van der Waals surface area contributed by atoms with Gasteiger partial charge >= 0.3 is 11.9 Å². The Morgan fingerprint density at radius 1 is 1.26 bits per heavy atom. The second kappa shape index (κ2) is 8.76. The largest absolute Gasteiger partial charge is 0.501 e. The topological polar surface area (TPSA) is 104 Å². The predicted octanol–water partition coefficient (Wildman–Crippen LogP) is 1.82. The van der Waals surface area contributed by atoms with Crippen molar-refractivity contribution in [2.24, 2.45) is 13.0 Å². The molecule has 2 aliphatic carbocycles. The van der Waals surface area contributed by atoms with Crippen molar-refractivity contribution >= 4 is 39.4 Å². The summed E-state index contributed by atoms with van der Waals surface area (Å²) in [6, 6.07) is -0.367. The quantitative estimate of drug-likeness (QED) is 0.568. The van der Waals surface area contributed by atoms with Crippen LogP contribution in [0.1, 0.15) is 38.2 Å². The average Bonchev–Trinajstić information content (AvgIpc) is 3.37. The van der Waals surface area contributed by atoms with Gasteiger partial charge in [-0.3, -0.25) is 4.68 Å². The highest BCUT2D eigenvalue weighted by atomic mass is 32.2. The van der Waals surface area contributed by atoms with E-state index in [1.165, 1.54) is 11.0 Å². The van der Waals surface area contributed by atoms with E-state index >= 15 is 0 Å². The summed E-state index contributed by atoms with van der Waals surface area (Å²) >= 11 is 1.92. The van der Waals surface area contributed by atoms with Crippen molar-refractivity contribution in [2.45, 2.75) is 49.9 Å². The Morgan fingerprint density at radius 3 is 2.65 bits per heavy atom. The number of imide groups is 1. The lowest BCUT2D eigenvalue weighted by molar-refractivity contribution is -0.445. The van der Waals surface area contributed by atoms with E-state index in [0.29, 0.717) is 18.2 Å². The molecule has 11 heteroatoms. The normalized spacial score (nSPS) is 24.9. The molecule has 0 spiro atoms. The van der Waals surface area contributed by atoms with Gasteiger partial charge in [0.2, 0.25) is 10.0 Å². The Balaban J connectivity index is 1.50. The molecule has 1 aromatic heterocycles. The second-order valence-electron chi connectivity index (χ2n) is 9.86. The lowest BCUT2D eigenvalue weighted by Gasteiger charge is -2.28. The molecular formula is C23H30N5O4S2+. The molecule has 3 amide bonds. The fourth-order valence-electron chi connectivity index (χ4n) is 4.61. The lowest BCUT2D eigenvalue weighted by Crippen LogP contribution is -2.53. The Labute approximate surface area is 204 Å². The molecule has 1 saturated carbocycles. The number of allylic oxidation sites excluding steroid dienone is 1. The zero-order valence-corrected chi connectivity index (χ0v) is 21.1. The number of aromatic nitrogens is 2. The first kappa shape index (κ1) is 23.5. The second-order valence-corrected chi connectivity index (χ2v) is 12.9. The predicted molar refractivity (Wildman–Crippen MR) is 130 cm³/mol. The molecule has 3 heterocycles. The van der Waals surface area contributed by atoms with Crippen molar-refractivity contribution in [2.75, 3.05) is 18.1 Å². The van der Waals surface area contributed by atoms with Crippen LogP contribution in [0.25, 0.3) is 0 Å². The van der Waals surface area contributed by atoms with Crippen LogP contribution in [-0.2, 0) is 28.4 Å². The molecule has 0 bridgehead atoms. The van der Waals surface area contributed by atoms with E-state index in [9.17, 15) is 18.0 Å². The maximum Gasteiger partial charge on any atom is 0.501 e. The maximum atomic E-state index is 13.5. The molecule has 0 aromatic carbocycles. The van der Waals surface area contributed by atoms with Gasteiger partial charge in [-0.05, 0) is 62.2 Å². The summed E-state index contributed by atoms with van der Waals surface area (Å²) < 4.78 is 32.1. The molecule has 1 unspecified atom stereocenters. The molecule has 34 heavy (non-hydrogen) atoms. The number of carbonyl (C=O) groups is 2. The fourth-order valence-corrected chi connectivity index (χ4v) is 7.44. The van der Waals surface area contributed by atoms with Crippen molar-refractivity contribution in [1.29, 1.82) is 0 Å². The Morgan fingerprint density at radius 2 is 2.00 bits per heavy atom. The van der Waals surface area contributed by atoms with Gasteiger partial charge in [0.25, 0.3) is 0 Å². The van der Waals surface area contributed by atoms with Gasteiger partial charge in [-0.1, -0.05) is 6.08 Å². The summed E-state index contributed by atoms with van der Waals surface area (Å²) in [6.07, 6.45) is 11.7. The summed E-state index contributed by atoms with van der Waals surface area (Å²) in [7, 11) is -1.92. The summed E-state index contributed by atoms with van der Waals surface area (Å²) in [4.78, 5) is 28.2. The minimum absolute atomic E-state index is 0.0879. The highest BCUT2D eigenvalue weighted by molar-refractivity contribution is 7.99. The van der Waals surface area contributed by atoms with E-state index in [1.807, 2.05) is 18.7 Å². The van der Waals surface area contributed by atoms with Crippen LogP contribution in [-0.4, -0.2) is 74.2 Å². The maximum absolute atomic E-state index is 13.5. The Kier molecular flexibility index (Phi) is 6.06. The highest BCUT2D eigenvalue weighted by Gasteiger charge is 2.48. The minimum atomic E-state index is -3.70. The number of rotatable bonds is 7. The van der Waals surface area contributed by atoms with Crippen LogP contribution in [0.4, 0.5) is 4.79 Å². The smallest absolute Gasteiger partial charge is 0.275 e. The molecular weight excluding hydrogens is 474 g/mol. The first-order valence-corrected chi connectivity index (χ1v) is 14.3. The molecule has 0 radical (unpaired) electrons. The van der Waals surface area contributed by atoms with Crippen LogP contribution in [0.2, 0.25) is 0 Å². The van der Waals surface area contributed by atoms with E-state index in [0.717, 1.165) is 42.8 Å². The highest BCUT2D eigenvalue weighted by Crippen LogP contribution is 2.36. The van der Waals surface area contributed by atoms with Crippen molar-refractivity contribution in [3.05, 3.63) is 41.8 Å². The molecule has 1 N–H and O–H groups in total. The van der Waals surface area contributed by atoms with Gasteiger partial charge in [0, 0.05) is 24.3 Å². The molecule has 4 aliphatic rings. The zero-order chi connectivity index (χ0) is 24.1. The van der Waals surface area contributed by atoms with Gasteiger partial charge < -0.3 is 0 Å². The van der Waals surface area contributed by atoms with E-state index in [4.69, 9.17) is 0 Å². The van der Waals surface area contributed by atoms with Crippen molar-refractivity contribution < 1.29 is 22.6 Å². The molecule has 1 atom stereocenters. The Bertz CT molecular complexity index is 1220. The Hall–Kier alpha value is -2.24. The number of urea groups is 1.